The number of nitrogens with one attached hydrogen (secondary N) is 3. The topological polar surface area (TPSA) is 71.6 Å². The highest BCUT2D eigenvalue weighted by Gasteiger charge is 2.11. The highest BCUT2D eigenvalue weighted by molar-refractivity contribution is 7.80. The predicted molar refractivity (Wildman–Crippen MR) is 107 cm³/mol. The third kappa shape index (κ3) is 5.79. The van der Waals surface area contributed by atoms with E-state index >= 15 is 0 Å². The molecular formula is C18H20ClN3O3S. The Balaban J connectivity index is 1.81. The second kappa shape index (κ2) is 9.84. The van der Waals surface area contributed by atoms with Gasteiger partial charge in [-0.1, -0.05) is 29.8 Å². The van der Waals surface area contributed by atoms with E-state index in [0.717, 1.165) is 11.3 Å². The van der Waals surface area contributed by atoms with E-state index in [2.05, 4.69) is 16.2 Å². The van der Waals surface area contributed by atoms with Crippen molar-refractivity contribution in [2.75, 3.05) is 19.5 Å². The van der Waals surface area contributed by atoms with E-state index in [1.807, 2.05) is 24.3 Å². The Morgan fingerprint density at radius 2 is 1.88 bits per heavy atom. The molecule has 0 saturated heterocycles. The Kier molecular flexibility index (Phi) is 7.50. The molecule has 26 heavy (non-hydrogen) atoms. The van der Waals surface area contributed by atoms with Gasteiger partial charge in [0.2, 0.25) is 5.91 Å². The van der Waals surface area contributed by atoms with E-state index in [1.54, 1.807) is 32.4 Å². The molecule has 2 aromatic rings. The van der Waals surface area contributed by atoms with Crippen molar-refractivity contribution >= 4 is 40.5 Å². The molecule has 6 nitrogen and oxygen atoms in total. The number of ether oxygens (including phenoxy) is 2. The molecule has 0 aliphatic rings. The lowest BCUT2D eigenvalue weighted by molar-refractivity contribution is -0.121. The highest BCUT2D eigenvalue weighted by atomic mass is 35.5. The second-order valence-corrected chi connectivity index (χ2v) is 6.13. The van der Waals surface area contributed by atoms with Gasteiger partial charge in [-0.05, 0) is 48.5 Å². The molecule has 0 aliphatic heterocycles. The van der Waals surface area contributed by atoms with E-state index in [0.29, 0.717) is 22.9 Å². The van der Waals surface area contributed by atoms with Gasteiger partial charge in [-0.25, -0.2) is 0 Å². The molecule has 0 saturated carbocycles. The van der Waals surface area contributed by atoms with E-state index in [9.17, 15) is 4.79 Å². The quantitative estimate of drug-likeness (QED) is 0.516. The second-order valence-electron chi connectivity index (χ2n) is 5.29. The van der Waals surface area contributed by atoms with Crippen LogP contribution in [0.15, 0.2) is 42.5 Å². The maximum Gasteiger partial charge on any atom is 0.238 e. The van der Waals surface area contributed by atoms with Crippen LogP contribution in [0.1, 0.15) is 12.0 Å². The van der Waals surface area contributed by atoms with E-state index in [-0.39, 0.29) is 17.4 Å². The fraction of sp³-hybridized carbons (Fsp3) is 0.222. The first kappa shape index (κ1) is 19.8. The first-order valence-corrected chi connectivity index (χ1v) is 8.63. The lowest BCUT2D eigenvalue weighted by Crippen LogP contribution is -2.43. The van der Waals surface area contributed by atoms with Crippen molar-refractivity contribution in [2.45, 2.75) is 12.8 Å². The SMILES string of the molecule is COc1cccc(CCC(=O)NNC(=S)Nc2cccc(Cl)c2)c1OC. The van der Waals surface area contributed by atoms with E-state index in [1.165, 1.54) is 0 Å². The molecule has 3 N–H and O–H groups in total. The van der Waals surface area contributed by atoms with Gasteiger partial charge >= 0.3 is 0 Å². The van der Waals surface area contributed by atoms with Gasteiger partial charge in [-0.15, -0.1) is 0 Å². The molecule has 0 bridgehead atoms. The number of hydrogen-bond acceptors (Lipinski definition) is 4. The summed E-state index contributed by atoms with van der Waals surface area (Å²) in [4.78, 5) is 12.0. The normalized spacial score (nSPS) is 9.96. The lowest BCUT2D eigenvalue weighted by Gasteiger charge is -2.13. The Morgan fingerprint density at radius 1 is 1.12 bits per heavy atom. The molecule has 0 heterocycles. The summed E-state index contributed by atoms with van der Waals surface area (Å²) >= 11 is 11.0. The molecular weight excluding hydrogens is 374 g/mol. The van der Waals surface area contributed by atoms with Gasteiger partial charge in [-0.2, -0.15) is 0 Å². The predicted octanol–water partition coefficient (Wildman–Crippen LogP) is 3.31. The maximum atomic E-state index is 12.0. The summed E-state index contributed by atoms with van der Waals surface area (Å²) in [6.45, 7) is 0. The Bertz CT molecular complexity index is 786. The summed E-state index contributed by atoms with van der Waals surface area (Å²) in [7, 11) is 3.15. The number of anilines is 1. The molecule has 1 amide bonds. The van der Waals surface area contributed by atoms with Crippen molar-refractivity contribution in [3.63, 3.8) is 0 Å². The van der Waals surface area contributed by atoms with Gasteiger partial charge in [0.15, 0.2) is 16.6 Å². The average molecular weight is 394 g/mol. The minimum Gasteiger partial charge on any atom is -0.493 e. The van der Waals surface area contributed by atoms with Crippen LogP contribution in [0.3, 0.4) is 0 Å². The van der Waals surface area contributed by atoms with Gasteiger partial charge in [0.05, 0.1) is 14.2 Å². The number of aryl methyl sites for hydroxylation is 1. The molecule has 2 rings (SSSR count). The van der Waals surface area contributed by atoms with E-state index < -0.39 is 0 Å². The molecule has 0 unspecified atom stereocenters. The van der Waals surface area contributed by atoms with Crippen LogP contribution in [0.25, 0.3) is 0 Å². The molecule has 138 valence electrons. The van der Waals surface area contributed by atoms with Gasteiger partial charge in [-0.3, -0.25) is 15.6 Å². The number of benzene rings is 2. The van der Waals surface area contributed by atoms with Gasteiger partial charge < -0.3 is 14.8 Å². The van der Waals surface area contributed by atoms with Crippen LogP contribution in [0.4, 0.5) is 5.69 Å². The van der Waals surface area contributed by atoms with Crippen LogP contribution in [0, 0.1) is 0 Å². The molecule has 8 heteroatoms. The van der Waals surface area contributed by atoms with Gasteiger partial charge in [0.1, 0.15) is 0 Å². The molecule has 0 aliphatic carbocycles. The summed E-state index contributed by atoms with van der Waals surface area (Å²) in [5.41, 5.74) is 6.83. The van der Waals surface area contributed by atoms with E-state index in [4.69, 9.17) is 33.3 Å². The zero-order chi connectivity index (χ0) is 18.9. The van der Waals surface area contributed by atoms with Crippen LogP contribution in [-0.4, -0.2) is 25.2 Å². The summed E-state index contributed by atoms with van der Waals surface area (Å²) in [6.07, 6.45) is 0.763. The number of halogens is 1. The molecule has 0 radical (unpaired) electrons. The number of para-hydroxylation sites is 1. The third-order valence-corrected chi connectivity index (χ3v) is 3.94. The van der Waals surface area contributed by atoms with Gasteiger partial charge in [0.25, 0.3) is 0 Å². The Labute approximate surface area is 162 Å². The zero-order valence-electron chi connectivity index (χ0n) is 14.5. The fourth-order valence-corrected chi connectivity index (χ4v) is 2.68. The number of thiocarbonyl (C=S) groups is 1. The number of hydrogen-bond donors (Lipinski definition) is 3. The number of hydrazine groups is 1. The third-order valence-electron chi connectivity index (χ3n) is 3.50. The average Bonchev–Trinajstić information content (AvgIpc) is 2.64. The molecule has 0 atom stereocenters. The van der Waals surface area contributed by atoms with Gasteiger partial charge in [0, 0.05) is 17.1 Å². The largest absolute Gasteiger partial charge is 0.493 e. The molecule has 0 spiro atoms. The van der Waals surface area contributed by atoms with Crippen molar-refractivity contribution in [3.8, 4) is 11.5 Å². The van der Waals surface area contributed by atoms with Crippen LogP contribution in [0.2, 0.25) is 5.02 Å². The van der Waals surface area contributed by atoms with Crippen molar-refractivity contribution < 1.29 is 14.3 Å². The van der Waals surface area contributed by atoms with Crippen LogP contribution in [0.5, 0.6) is 11.5 Å². The van der Waals surface area contributed by atoms with Crippen molar-refractivity contribution in [2.24, 2.45) is 0 Å². The summed E-state index contributed by atoms with van der Waals surface area (Å²) < 4.78 is 10.6. The maximum absolute atomic E-state index is 12.0. The summed E-state index contributed by atoms with van der Waals surface area (Å²) in [6, 6.07) is 12.7. The van der Waals surface area contributed by atoms with Crippen LogP contribution < -0.4 is 25.6 Å². The van der Waals surface area contributed by atoms with Crippen molar-refractivity contribution in [1.82, 2.24) is 10.9 Å². The van der Waals surface area contributed by atoms with Crippen molar-refractivity contribution in [3.05, 3.63) is 53.1 Å². The number of rotatable bonds is 6. The Morgan fingerprint density at radius 3 is 2.58 bits per heavy atom. The molecule has 0 fully saturated rings. The minimum absolute atomic E-state index is 0.204. The monoisotopic (exact) mass is 393 g/mol. The highest BCUT2D eigenvalue weighted by Crippen LogP contribution is 2.31. The number of methoxy groups -OCH3 is 2. The lowest BCUT2D eigenvalue weighted by atomic mass is 10.1. The fourth-order valence-electron chi connectivity index (χ4n) is 2.32. The first-order valence-electron chi connectivity index (χ1n) is 7.84. The standard InChI is InChI=1S/C18H20ClN3O3S/c1-24-15-8-3-5-12(17(15)25-2)9-10-16(23)21-22-18(26)20-14-7-4-6-13(19)11-14/h3-8,11H,9-10H2,1-2H3,(H,21,23)(H2,20,22,26). The van der Waals surface area contributed by atoms with Crippen molar-refractivity contribution in [1.29, 1.82) is 0 Å². The number of carbonyl (C=O) groups is 1. The molecule has 0 aromatic heterocycles. The van der Waals surface area contributed by atoms with Crippen LogP contribution in [-0.2, 0) is 11.2 Å². The Hall–Kier alpha value is -2.51. The summed E-state index contributed by atoms with van der Waals surface area (Å²) in [5.74, 6) is 1.06. The first-order chi connectivity index (χ1) is 12.5. The summed E-state index contributed by atoms with van der Waals surface area (Å²) in [5, 5.41) is 3.79. The minimum atomic E-state index is -0.204. The van der Waals surface area contributed by atoms with Crippen LogP contribution >= 0.6 is 23.8 Å². The number of amides is 1. The molecule has 2 aromatic carbocycles. The number of carbonyl (C=O) groups excluding carboxylic acids is 1. The smallest absolute Gasteiger partial charge is 0.238 e. The zero-order valence-corrected chi connectivity index (χ0v) is 16.0.